The largest absolute Gasteiger partial charge is 0.497 e. The topological polar surface area (TPSA) is 51.4 Å². The zero-order valence-electron chi connectivity index (χ0n) is 11.6. The highest BCUT2D eigenvalue weighted by molar-refractivity contribution is 5.64. The first kappa shape index (κ1) is 13.4. The van der Waals surface area contributed by atoms with Crippen molar-refractivity contribution in [3.8, 4) is 5.75 Å². The predicted molar refractivity (Wildman–Crippen MR) is 77.9 cm³/mol. The first-order valence-electron chi connectivity index (χ1n) is 6.19. The van der Waals surface area contributed by atoms with Gasteiger partial charge < -0.3 is 15.4 Å². The van der Waals surface area contributed by atoms with Crippen LogP contribution in [0.1, 0.15) is 11.1 Å². The van der Waals surface area contributed by atoms with Crippen LogP contribution in [0.25, 0.3) is 0 Å². The van der Waals surface area contributed by atoms with Gasteiger partial charge in [-0.15, -0.1) is 0 Å². The van der Waals surface area contributed by atoms with Crippen LogP contribution in [0.2, 0.25) is 0 Å². The van der Waals surface area contributed by atoms with Crippen LogP contribution < -0.4 is 15.4 Å². The van der Waals surface area contributed by atoms with Crippen LogP contribution in [0.3, 0.4) is 0 Å². The molecule has 0 atom stereocenters. The lowest BCUT2D eigenvalue weighted by Gasteiger charge is -2.22. The third-order valence-corrected chi connectivity index (χ3v) is 3.23. The van der Waals surface area contributed by atoms with E-state index in [1.165, 1.54) is 0 Å². The molecule has 0 amide bonds. The summed E-state index contributed by atoms with van der Waals surface area (Å²) in [5, 5.41) is 0. The third-order valence-electron chi connectivity index (χ3n) is 3.23. The van der Waals surface area contributed by atoms with Crippen molar-refractivity contribution in [1.29, 1.82) is 0 Å². The van der Waals surface area contributed by atoms with Gasteiger partial charge in [-0.1, -0.05) is 6.07 Å². The SMILES string of the molecule is COc1cccc(N(C)c2nccc(C)c2CN)c1. The Kier molecular flexibility index (Phi) is 4.02. The Labute approximate surface area is 113 Å². The molecule has 100 valence electrons. The van der Waals surface area contributed by atoms with E-state index in [0.717, 1.165) is 28.4 Å². The first-order valence-corrected chi connectivity index (χ1v) is 6.19. The van der Waals surface area contributed by atoms with Crippen molar-refractivity contribution in [3.63, 3.8) is 0 Å². The summed E-state index contributed by atoms with van der Waals surface area (Å²) in [7, 11) is 3.64. The molecule has 19 heavy (non-hydrogen) atoms. The van der Waals surface area contributed by atoms with E-state index in [1.54, 1.807) is 13.3 Å². The molecule has 1 aromatic heterocycles. The van der Waals surface area contributed by atoms with E-state index in [9.17, 15) is 0 Å². The second-order valence-electron chi connectivity index (χ2n) is 4.39. The number of benzene rings is 1. The second-order valence-corrected chi connectivity index (χ2v) is 4.39. The van der Waals surface area contributed by atoms with Gasteiger partial charge in [-0.3, -0.25) is 0 Å². The number of ether oxygens (including phenoxy) is 1. The van der Waals surface area contributed by atoms with E-state index in [2.05, 4.69) is 4.98 Å². The van der Waals surface area contributed by atoms with Crippen LogP contribution in [-0.4, -0.2) is 19.1 Å². The molecule has 2 N–H and O–H groups in total. The zero-order chi connectivity index (χ0) is 13.8. The van der Waals surface area contributed by atoms with Crippen LogP contribution in [0.15, 0.2) is 36.5 Å². The molecule has 4 nitrogen and oxygen atoms in total. The molecule has 2 aromatic rings. The average molecular weight is 257 g/mol. The highest BCUT2D eigenvalue weighted by Gasteiger charge is 2.12. The van der Waals surface area contributed by atoms with E-state index in [1.807, 2.05) is 49.2 Å². The molecular formula is C15H19N3O. The molecule has 0 unspecified atom stereocenters. The average Bonchev–Trinajstić information content (AvgIpc) is 2.46. The fraction of sp³-hybridized carbons (Fsp3) is 0.267. The summed E-state index contributed by atoms with van der Waals surface area (Å²) in [5.74, 6) is 1.71. The Bertz CT molecular complexity index is 569. The maximum atomic E-state index is 5.83. The van der Waals surface area contributed by atoms with Gasteiger partial charge in [-0.2, -0.15) is 0 Å². The predicted octanol–water partition coefficient (Wildman–Crippen LogP) is 2.63. The minimum absolute atomic E-state index is 0.476. The van der Waals surface area contributed by atoms with Crippen LogP contribution >= 0.6 is 0 Å². The van der Waals surface area contributed by atoms with Gasteiger partial charge in [0.1, 0.15) is 11.6 Å². The summed E-state index contributed by atoms with van der Waals surface area (Å²) in [5.41, 5.74) is 9.07. The van der Waals surface area contributed by atoms with Crippen LogP contribution in [-0.2, 0) is 6.54 Å². The highest BCUT2D eigenvalue weighted by Crippen LogP contribution is 2.28. The summed E-state index contributed by atoms with van der Waals surface area (Å²) in [6.07, 6.45) is 1.81. The Morgan fingerprint density at radius 2 is 2.11 bits per heavy atom. The standard InChI is InChI=1S/C15H19N3O/c1-11-7-8-17-15(14(11)10-16)18(2)12-5-4-6-13(9-12)19-3/h4-9H,10,16H2,1-3H3. The molecule has 0 radical (unpaired) electrons. The van der Waals surface area contributed by atoms with Crippen molar-refractivity contribution < 1.29 is 4.74 Å². The summed E-state index contributed by atoms with van der Waals surface area (Å²) >= 11 is 0. The van der Waals surface area contributed by atoms with E-state index >= 15 is 0 Å². The number of hydrogen-bond donors (Lipinski definition) is 1. The van der Waals surface area contributed by atoms with Crippen molar-refractivity contribution >= 4 is 11.5 Å². The molecule has 0 aliphatic heterocycles. The Morgan fingerprint density at radius 1 is 1.32 bits per heavy atom. The number of aryl methyl sites for hydroxylation is 1. The van der Waals surface area contributed by atoms with Crippen LogP contribution in [0, 0.1) is 6.92 Å². The van der Waals surface area contributed by atoms with E-state index in [4.69, 9.17) is 10.5 Å². The second kappa shape index (κ2) is 5.71. The van der Waals surface area contributed by atoms with E-state index < -0.39 is 0 Å². The number of rotatable bonds is 4. The molecule has 0 bridgehead atoms. The molecule has 2 rings (SSSR count). The molecule has 1 aromatic carbocycles. The van der Waals surface area contributed by atoms with Gasteiger partial charge in [0.2, 0.25) is 0 Å². The van der Waals surface area contributed by atoms with Crippen LogP contribution in [0.5, 0.6) is 5.75 Å². The van der Waals surface area contributed by atoms with Crippen molar-refractivity contribution in [2.45, 2.75) is 13.5 Å². The first-order chi connectivity index (χ1) is 9.17. The van der Waals surface area contributed by atoms with Crippen molar-refractivity contribution in [1.82, 2.24) is 4.98 Å². The van der Waals surface area contributed by atoms with Crippen LogP contribution in [0.4, 0.5) is 11.5 Å². The smallest absolute Gasteiger partial charge is 0.137 e. The number of hydrogen-bond acceptors (Lipinski definition) is 4. The highest BCUT2D eigenvalue weighted by atomic mass is 16.5. The summed E-state index contributed by atoms with van der Waals surface area (Å²) in [4.78, 5) is 6.47. The van der Waals surface area contributed by atoms with Gasteiger partial charge in [0, 0.05) is 37.1 Å². The lowest BCUT2D eigenvalue weighted by Crippen LogP contribution is -2.16. The molecule has 0 saturated carbocycles. The van der Waals surface area contributed by atoms with Gasteiger partial charge in [-0.25, -0.2) is 4.98 Å². The zero-order valence-corrected chi connectivity index (χ0v) is 11.6. The van der Waals surface area contributed by atoms with Crippen molar-refractivity contribution in [2.75, 3.05) is 19.1 Å². The van der Waals surface area contributed by atoms with E-state index in [0.29, 0.717) is 6.54 Å². The fourth-order valence-electron chi connectivity index (χ4n) is 2.06. The molecule has 0 saturated heterocycles. The molecule has 4 heteroatoms. The molecule has 0 aliphatic rings. The molecular weight excluding hydrogens is 238 g/mol. The number of nitrogens with two attached hydrogens (primary N) is 1. The van der Waals surface area contributed by atoms with Gasteiger partial charge >= 0.3 is 0 Å². The van der Waals surface area contributed by atoms with Crippen molar-refractivity contribution in [3.05, 3.63) is 47.7 Å². The normalized spacial score (nSPS) is 10.3. The number of methoxy groups -OCH3 is 1. The Hall–Kier alpha value is -2.07. The monoisotopic (exact) mass is 257 g/mol. The van der Waals surface area contributed by atoms with Gasteiger partial charge in [0.25, 0.3) is 0 Å². The summed E-state index contributed by atoms with van der Waals surface area (Å²) < 4.78 is 5.25. The summed E-state index contributed by atoms with van der Waals surface area (Å²) in [6, 6.07) is 9.86. The quantitative estimate of drug-likeness (QED) is 0.914. The number of pyridine rings is 1. The lowest BCUT2D eigenvalue weighted by atomic mass is 10.1. The van der Waals surface area contributed by atoms with Gasteiger partial charge in [0.15, 0.2) is 0 Å². The number of nitrogens with zero attached hydrogens (tertiary/aromatic N) is 2. The lowest BCUT2D eigenvalue weighted by molar-refractivity contribution is 0.415. The molecule has 0 aliphatic carbocycles. The maximum Gasteiger partial charge on any atom is 0.137 e. The molecule has 1 heterocycles. The minimum atomic E-state index is 0.476. The summed E-state index contributed by atoms with van der Waals surface area (Å²) in [6.45, 7) is 2.52. The van der Waals surface area contributed by atoms with Gasteiger partial charge in [-0.05, 0) is 30.7 Å². The number of aromatic nitrogens is 1. The maximum absolute atomic E-state index is 5.83. The molecule has 0 fully saturated rings. The minimum Gasteiger partial charge on any atom is -0.497 e. The van der Waals surface area contributed by atoms with Gasteiger partial charge in [0.05, 0.1) is 7.11 Å². The van der Waals surface area contributed by atoms with E-state index in [-0.39, 0.29) is 0 Å². The Morgan fingerprint density at radius 3 is 2.79 bits per heavy atom. The third kappa shape index (κ3) is 2.69. The fourth-order valence-corrected chi connectivity index (χ4v) is 2.06. The van der Waals surface area contributed by atoms with Crippen molar-refractivity contribution in [2.24, 2.45) is 5.73 Å². The molecule has 0 spiro atoms. The number of anilines is 2. The Balaban J connectivity index is 2.43.